The number of halogens is 2. The molecule has 0 aromatic carbocycles. The molecule has 0 radical (unpaired) electrons. The Hall–Kier alpha value is -0.570. The molecule has 0 fully saturated rings. The molecule has 0 aliphatic rings. The number of nitrogens with zero attached hydrogens (tertiary/aromatic N) is 1. The van der Waals surface area contributed by atoms with Gasteiger partial charge in [0.15, 0.2) is 0 Å². The second-order valence-corrected chi connectivity index (χ2v) is 3.57. The number of hydrogen-bond acceptors (Lipinski definition) is 2. The van der Waals surface area contributed by atoms with E-state index < -0.39 is 0 Å². The first-order chi connectivity index (χ1) is 6.09. The van der Waals surface area contributed by atoms with E-state index in [9.17, 15) is 0 Å². The average molecular weight is 233 g/mol. The molecule has 0 saturated heterocycles. The van der Waals surface area contributed by atoms with Crippen LogP contribution in [-0.4, -0.2) is 4.98 Å². The maximum Gasteiger partial charge on any atom is 0.129 e. The van der Waals surface area contributed by atoms with Crippen LogP contribution in [0.1, 0.15) is 24.9 Å². The number of pyridine rings is 1. The molecular formula is C10H14Cl2N2. The summed E-state index contributed by atoms with van der Waals surface area (Å²) in [5.41, 5.74) is 7.97. The number of hydrogen-bond donors (Lipinski definition) is 1. The lowest BCUT2D eigenvalue weighted by Gasteiger charge is -2.10. The predicted octanol–water partition coefficient (Wildman–Crippen LogP) is 3.12. The Balaban J connectivity index is 0.00000169. The molecule has 0 spiro atoms. The second-order valence-electron chi connectivity index (χ2n) is 3.18. The van der Waals surface area contributed by atoms with Crippen molar-refractivity contribution < 1.29 is 0 Å². The van der Waals surface area contributed by atoms with Crippen molar-refractivity contribution in [2.45, 2.75) is 19.4 Å². The molecule has 1 rings (SSSR count). The zero-order valence-electron chi connectivity index (χ0n) is 8.03. The zero-order valence-corrected chi connectivity index (χ0v) is 9.61. The van der Waals surface area contributed by atoms with E-state index in [1.807, 2.05) is 13.0 Å². The number of rotatable bonds is 3. The van der Waals surface area contributed by atoms with E-state index in [2.05, 4.69) is 11.6 Å². The highest BCUT2D eigenvalue weighted by molar-refractivity contribution is 6.29. The Morgan fingerprint density at radius 3 is 2.71 bits per heavy atom. The fourth-order valence-corrected chi connectivity index (χ4v) is 1.21. The average Bonchev–Trinajstić information content (AvgIpc) is 2.04. The molecule has 78 valence electrons. The van der Waals surface area contributed by atoms with Crippen molar-refractivity contribution in [3.05, 3.63) is 41.2 Å². The first-order valence-corrected chi connectivity index (χ1v) is 4.49. The van der Waals surface area contributed by atoms with E-state index >= 15 is 0 Å². The maximum atomic E-state index is 5.90. The summed E-state index contributed by atoms with van der Waals surface area (Å²) in [5.74, 6) is 0. The summed E-state index contributed by atoms with van der Waals surface area (Å²) >= 11 is 5.65. The minimum absolute atomic E-state index is 0. The normalized spacial score (nSPS) is 11.6. The van der Waals surface area contributed by atoms with Crippen molar-refractivity contribution in [1.29, 1.82) is 0 Å². The third-order valence-electron chi connectivity index (χ3n) is 1.75. The summed E-state index contributed by atoms with van der Waals surface area (Å²) in [6.45, 7) is 5.77. The molecule has 0 unspecified atom stereocenters. The van der Waals surface area contributed by atoms with Gasteiger partial charge in [0, 0.05) is 12.2 Å². The molecule has 1 atom stereocenters. The summed E-state index contributed by atoms with van der Waals surface area (Å²) in [6.07, 6.45) is 2.49. The molecule has 1 aromatic heterocycles. The molecule has 4 heteroatoms. The summed E-state index contributed by atoms with van der Waals surface area (Å²) in [4.78, 5) is 3.96. The van der Waals surface area contributed by atoms with Gasteiger partial charge in [-0.15, -0.1) is 19.0 Å². The van der Waals surface area contributed by atoms with E-state index in [1.54, 1.807) is 12.3 Å². The van der Waals surface area contributed by atoms with Gasteiger partial charge in [-0.1, -0.05) is 23.2 Å². The molecule has 0 aliphatic heterocycles. The maximum absolute atomic E-state index is 5.90. The van der Waals surface area contributed by atoms with Crippen molar-refractivity contribution in [3.63, 3.8) is 0 Å². The van der Waals surface area contributed by atoms with Crippen LogP contribution >= 0.6 is 24.0 Å². The molecule has 1 heterocycles. The van der Waals surface area contributed by atoms with Crippen molar-refractivity contribution >= 4 is 24.0 Å². The minimum atomic E-state index is -0.0257. The Morgan fingerprint density at radius 2 is 2.29 bits per heavy atom. The zero-order chi connectivity index (χ0) is 9.84. The van der Waals surface area contributed by atoms with Crippen LogP contribution in [0.3, 0.4) is 0 Å². The van der Waals surface area contributed by atoms with Crippen LogP contribution in [0.2, 0.25) is 5.15 Å². The predicted molar refractivity (Wildman–Crippen MR) is 62.9 cm³/mol. The number of nitrogens with two attached hydrogens (primary N) is 1. The van der Waals surface area contributed by atoms with Crippen molar-refractivity contribution in [2.24, 2.45) is 5.73 Å². The quantitative estimate of drug-likeness (QED) is 0.643. The Kier molecular flexibility index (Phi) is 5.77. The molecule has 0 amide bonds. The van der Waals surface area contributed by atoms with Gasteiger partial charge >= 0.3 is 0 Å². The molecule has 1 aromatic rings. The van der Waals surface area contributed by atoms with Crippen molar-refractivity contribution in [1.82, 2.24) is 4.98 Å². The van der Waals surface area contributed by atoms with Crippen LogP contribution in [0.15, 0.2) is 30.5 Å². The molecule has 2 nitrogen and oxygen atoms in total. The molecule has 2 N–H and O–H groups in total. The Labute approximate surface area is 95.6 Å². The van der Waals surface area contributed by atoms with Gasteiger partial charge < -0.3 is 5.73 Å². The van der Waals surface area contributed by atoms with E-state index in [0.29, 0.717) is 5.15 Å². The summed E-state index contributed by atoms with van der Waals surface area (Å²) in [7, 11) is 0. The molecule has 0 bridgehead atoms. The first kappa shape index (κ1) is 13.4. The van der Waals surface area contributed by atoms with Crippen LogP contribution < -0.4 is 5.73 Å². The van der Waals surface area contributed by atoms with Gasteiger partial charge in [-0.25, -0.2) is 4.98 Å². The van der Waals surface area contributed by atoms with Crippen LogP contribution in [0.25, 0.3) is 0 Å². The lowest BCUT2D eigenvalue weighted by molar-refractivity contribution is 0.713. The van der Waals surface area contributed by atoms with Gasteiger partial charge in [0.2, 0.25) is 0 Å². The Bertz CT molecular complexity index is 295. The third kappa shape index (κ3) is 4.09. The van der Waals surface area contributed by atoms with E-state index in [0.717, 1.165) is 17.6 Å². The van der Waals surface area contributed by atoms with Crippen molar-refractivity contribution in [3.8, 4) is 0 Å². The monoisotopic (exact) mass is 232 g/mol. The van der Waals surface area contributed by atoms with Crippen LogP contribution in [0.5, 0.6) is 0 Å². The number of aromatic nitrogens is 1. The summed E-state index contributed by atoms with van der Waals surface area (Å²) in [5, 5.41) is 0.492. The highest BCUT2D eigenvalue weighted by atomic mass is 35.5. The van der Waals surface area contributed by atoms with Gasteiger partial charge in [0.25, 0.3) is 0 Å². The SMILES string of the molecule is C=C(C)C[C@H](N)c1ccc(Cl)nc1.Cl. The highest BCUT2D eigenvalue weighted by Crippen LogP contribution is 2.17. The van der Waals surface area contributed by atoms with Gasteiger partial charge in [0.1, 0.15) is 5.15 Å². The van der Waals surface area contributed by atoms with Crippen LogP contribution in [0.4, 0.5) is 0 Å². The van der Waals surface area contributed by atoms with Crippen LogP contribution in [0, 0.1) is 0 Å². The van der Waals surface area contributed by atoms with E-state index in [4.69, 9.17) is 17.3 Å². The van der Waals surface area contributed by atoms with Gasteiger partial charge in [-0.2, -0.15) is 0 Å². The lowest BCUT2D eigenvalue weighted by atomic mass is 10.0. The molecule has 14 heavy (non-hydrogen) atoms. The molecule has 0 aliphatic carbocycles. The van der Waals surface area contributed by atoms with Crippen LogP contribution in [-0.2, 0) is 0 Å². The molecule has 0 saturated carbocycles. The highest BCUT2D eigenvalue weighted by Gasteiger charge is 2.05. The standard InChI is InChI=1S/C10H13ClN2.ClH/c1-7(2)5-9(12)8-3-4-10(11)13-6-8;/h3-4,6,9H,1,5,12H2,2H3;1H/t9-;/m0./s1. The van der Waals surface area contributed by atoms with E-state index in [1.165, 1.54) is 0 Å². The van der Waals surface area contributed by atoms with Gasteiger partial charge in [-0.3, -0.25) is 0 Å². The van der Waals surface area contributed by atoms with Gasteiger partial charge in [-0.05, 0) is 25.0 Å². The third-order valence-corrected chi connectivity index (χ3v) is 1.97. The minimum Gasteiger partial charge on any atom is -0.324 e. The van der Waals surface area contributed by atoms with Gasteiger partial charge in [0.05, 0.1) is 0 Å². The fraction of sp³-hybridized carbons (Fsp3) is 0.300. The second kappa shape index (κ2) is 6.02. The topological polar surface area (TPSA) is 38.9 Å². The van der Waals surface area contributed by atoms with Crippen molar-refractivity contribution in [2.75, 3.05) is 0 Å². The summed E-state index contributed by atoms with van der Waals surface area (Å²) < 4.78 is 0. The smallest absolute Gasteiger partial charge is 0.129 e. The van der Waals surface area contributed by atoms with E-state index in [-0.39, 0.29) is 18.4 Å². The lowest BCUT2D eigenvalue weighted by Crippen LogP contribution is -2.10. The fourth-order valence-electron chi connectivity index (χ4n) is 1.10. The summed E-state index contributed by atoms with van der Waals surface area (Å²) in [6, 6.07) is 3.61. The largest absolute Gasteiger partial charge is 0.324 e. The molecular weight excluding hydrogens is 219 g/mol. The first-order valence-electron chi connectivity index (χ1n) is 4.11. The Morgan fingerprint density at radius 1 is 1.64 bits per heavy atom.